The molecule has 6 heteroatoms. The van der Waals surface area contributed by atoms with E-state index in [1.807, 2.05) is 6.07 Å². The number of carbonyl (C=O) groups excluding carboxylic acids is 1. The van der Waals surface area contributed by atoms with Crippen LogP contribution in [0.5, 0.6) is 0 Å². The van der Waals surface area contributed by atoms with Gasteiger partial charge in [-0.3, -0.25) is 4.79 Å². The molecular weight excluding hydrogens is 202 g/mol. The summed E-state index contributed by atoms with van der Waals surface area (Å²) in [6, 6.07) is 2.02. The van der Waals surface area contributed by atoms with E-state index in [-0.39, 0.29) is 12.5 Å². The molecule has 0 amide bonds. The quantitative estimate of drug-likeness (QED) is 0.752. The van der Waals surface area contributed by atoms with E-state index in [4.69, 9.17) is 5.26 Å². The van der Waals surface area contributed by atoms with Crippen LogP contribution in [0.4, 0.5) is 5.00 Å². The number of hydrogen-bond acceptors (Lipinski definition) is 6. The van der Waals surface area contributed by atoms with Crippen LogP contribution < -0.4 is 5.32 Å². The number of aromatic nitrogens is 1. The largest absolute Gasteiger partial charge is 0.468 e. The van der Waals surface area contributed by atoms with E-state index in [0.29, 0.717) is 16.3 Å². The highest BCUT2D eigenvalue weighted by atomic mass is 32.1. The Morgan fingerprint density at radius 3 is 3.07 bits per heavy atom. The molecule has 0 bridgehead atoms. The monoisotopic (exact) mass is 211 g/mol. The molecule has 0 aromatic carbocycles. The van der Waals surface area contributed by atoms with E-state index < -0.39 is 0 Å². The van der Waals surface area contributed by atoms with Crippen LogP contribution in [0.3, 0.4) is 0 Å². The smallest absolute Gasteiger partial charge is 0.325 e. The summed E-state index contributed by atoms with van der Waals surface area (Å²) in [7, 11) is 1.31. The summed E-state index contributed by atoms with van der Waals surface area (Å²) in [5.74, 6) is -0.375. The number of rotatable bonds is 3. The highest BCUT2D eigenvalue weighted by Crippen LogP contribution is 2.22. The molecule has 5 nitrogen and oxygen atoms in total. The van der Waals surface area contributed by atoms with Crippen molar-refractivity contribution in [2.24, 2.45) is 0 Å². The summed E-state index contributed by atoms with van der Waals surface area (Å²) >= 11 is 1.16. The van der Waals surface area contributed by atoms with Crippen molar-refractivity contribution < 1.29 is 9.53 Å². The predicted octanol–water partition coefficient (Wildman–Crippen LogP) is 0.908. The van der Waals surface area contributed by atoms with E-state index in [1.54, 1.807) is 6.92 Å². The molecule has 0 fully saturated rings. The number of anilines is 1. The van der Waals surface area contributed by atoms with E-state index in [0.717, 1.165) is 11.5 Å². The van der Waals surface area contributed by atoms with Crippen molar-refractivity contribution in [2.75, 3.05) is 19.0 Å². The Kier molecular flexibility index (Phi) is 3.42. The Bertz CT molecular complexity index is 380. The second-order valence-electron chi connectivity index (χ2n) is 2.51. The fraction of sp³-hybridized carbons (Fsp3) is 0.375. The molecule has 1 rings (SSSR count). The van der Waals surface area contributed by atoms with Gasteiger partial charge in [0.1, 0.15) is 23.2 Å². The minimum Gasteiger partial charge on any atom is -0.468 e. The second-order valence-corrected chi connectivity index (χ2v) is 3.29. The van der Waals surface area contributed by atoms with Gasteiger partial charge in [0, 0.05) is 0 Å². The Balaban J connectivity index is 2.68. The molecule has 1 aromatic rings. The molecule has 1 N–H and O–H groups in total. The maximum Gasteiger partial charge on any atom is 0.325 e. The lowest BCUT2D eigenvalue weighted by molar-refractivity contribution is -0.138. The van der Waals surface area contributed by atoms with Crippen molar-refractivity contribution in [1.29, 1.82) is 5.26 Å². The molecule has 74 valence electrons. The second kappa shape index (κ2) is 4.58. The van der Waals surface area contributed by atoms with Gasteiger partial charge in [-0.25, -0.2) is 0 Å². The first-order chi connectivity index (χ1) is 6.69. The minimum atomic E-state index is -0.375. The molecule has 0 aliphatic carbocycles. The van der Waals surface area contributed by atoms with Crippen LogP contribution in [-0.4, -0.2) is 24.0 Å². The fourth-order valence-corrected chi connectivity index (χ4v) is 1.59. The van der Waals surface area contributed by atoms with Crippen LogP contribution in [0.25, 0.3) is 0 Å². The van der Waals surface area contributed by atoms with Gasteiger partial charge in [0.2, 0.25) is 0 Å². The maximum atomic E-state index is 10.8. The number of esters is 1. The molecule has 1 heterocycles. The van der Waals surface area contributed by atoms with Crippen molar-refractivity contribution in [3.63, 3.8) is 0 Å². The predicted molar refractivity (Wildman–Crippen MR) is 52.1 cm³/mol. The Labute approximate surface area is 85.5 Å². The molecule has 0 atom stereocenters. The van der Waals surface area contributed by atoms with Gasteiger partial charge in [-0.15, -0.1) is 0 Å². The zero-order chi connectivity index (χ0) is 10.6. The first-order valence-corrected chi connectivity index (χ1v) is 4.63. The van der Waals surface area contributed by atoms with Gasteiger partial charge in [0.25, 0.3) is 0 Å². The first kappa shape index (κ1) is 10.5. The zero-order valence-electron chi connectivity index (χ0n) is 7.83. The van der Waals surface area contributed by atoms with Crippen molar-refractivity contribution in [3.8, 4) is 6.07 Å². The van der Waals surface area contributed by atoms with E-state index in [2.05, 4.69) is 14.4 Å². The third kappa shape index (κ3) is 2.20. The standard InChI is InChI=1S/C8H9N3O2S/c1-5-6(3-9)8(14-11-5)10-4-7(12)13-2/h10H,4H2,1-2H3. The number of nitrogens with zero attached hydrogens (tertiary/aromatic N) is 2. The van der Waals surface area contributed by atoms with Crippen molar-refractivity contribution >= 4 is 22.5 Å². The van der Waals surface area contributed by atoms with Crippen molar-refractivity contribution in [1.82, 2.24) is 4.37 Å². The van der Waals surface area contributed by atoms with Gasteiger partial charge < -0.3 is 10.1 Å². The maximum absolute atomic E-state index is 10.8. The zero-order valence-corrected chi connectivity index (χ0v) is 8.64. The summed E-state index contributed by atoms with van der Waals surface area (Å²) in [4.78, 5) is 10.8. The van der Waals surface area contributed by atoms with Crippen LogP contribution in [-0.2, 0) is 9.53 Å². The van der Waals surface area contributed by atoms with Gasteiger partial charge >= 0.3 is 5.97 Å². The first-order valence-electron chi connectivity index (χ1n) is 3.86. The molecule has 0 aliphatic heterocycles. The average molecular weight is 211 g/mol. The van der Waals surface area contributed by atoms with Gasteiger partial charge in [-0.2, -0.15) is 9.64 Å². The van der Waals surface area contributed by atoms with Crippen molar-refractivity contribution in [2.45, 2.75) is 6.92 Å². The van der Waals surface area contributed by atoms with Crippen molar-refractivity contribution in [3.05, 3.63) is 11.3 Å². The highest BCUT2D eigenvalue weighted by Gasteiger charge is 2.10. The number of methoxy groups -OCH3 is 1. The van der Waals surface area contributed by atoms with Crippen LogP contribution in [0, 0.1) is 18.3 Å². The summed E-state index contributed by atoms with van der Waals surface area (Å²) in [5, 5.41) is 12.2. The van der Waals surface area contributed by atoms with Crippen LogP contribution in [0.2, 0.25) is 0 Å². The SMILES string of the molecule is COC(=O)CNc1snc(C)c1C#N. The Hall–Kier alpha value is -1.61. The van der Waals surface area contributed by atoms with Gasteiger partial charge in [-0.1, -0.05) is 0 Å². The Morgan fingerprint density at radius 2 is 2.50 bits per heavy atom. The number of aryl methyl sites for hydroxylation is 1. The van der Waals surface area contributed by atoms with Gasteiger partial charge in [0.15, 0.2) is 0 Å². The number of nitriles is 1. The molecule has 0 saturated heterocycles. The minimum absolute atomic E-state index is 0.0484. The number of ether oxygens (including phenoxy) is 1. The summed E-state index contributed by atoms with van der Waals surface area (Å²) in [6.07, 6.45) is 0. The van der Waals surface area contributed by atoms with E-state index in [9.17, 15) is 4.79 Å². The summed E-state index contributed by atoms with van der Waals surface area (Å²) in [5.41, 5.74) is 1.16. The molecule has 0 radical (unpaired) electrons. The van der Waals surface area contributed by atoms with Gasteiger partial charge in [0.05, 0.1) is 12.8 Å². The topological polar surface area (TPSA) is 75.0 Å². The molecule has 0 aliphatic rings. The van der Waals surface area contributed by atoms with Crippen LogP contribution >= 0.6 is 11.5 Å². The summed E-state index contributed by atoms with van der Waals surface area (Å²) < 4.78 is 8.45. The number of nitrogens with one attached hydrogen (secondary N) is 1. The van der Waals surface area contributed by atoms with E-state index in [1.165, 1.54) is 7.11 Å². The third-order valence-corrected chi connectivity index (χ3v) is 2.49. The molecule has 1 aromatic heterocycles. The number of hydrogen-bond donors (Lipinski definition) is 1. The molecule has 0 spiro atoms. The molecular formula is C8H9N3O2S. The van der Waals surface area contributed by atoms with E-state index >= 15 is 0 Å². The Morgan fingerprint density at radius 1 is 1.79 bits per heavy atom. The van der Waals surface area contributed by atoms with Crippen LogP contribution in [0.15, 0.2) is 0 Å². The number of carbonyl (C=O) groups is 1. The highest BCUT2D eigenvalue weighted by molar-refractivity contribution is 7.10. The lowest BCUT2D eigenvalue weighted by Gasteiger charge is -2.00. The average Bonchev–Trinajstić information content (AvgIpc) is 2.55. The third-order valence-electron chi connectivity index (χ3n) is 1.60. The van der Waals surface area contributed by atoms with Gasteiger partial charge in [-0.05, 0) is 18.5 Å². The molecule has 0 saturated carbocycles. The normalized spacial score (nSPS) is 9.21. The molecule has 14 heavy (non-hydrogen) atoms. The summed E-state index contributed by atoms with van der Waals surface area (Å²) in [6.45, 7) is 1.80. The fourth-order valence-electron chi connectivity index (χ4n) is 0.847. The lowest BCUT2D eigenvalue weighted by atomic mass is 10.3. The van der Waals surface area contributed by atoms with Crippen LogP contribution in [0.1, 0.15) is 11.3 Å². The molecule has 0 unspecified atom stereocenters. The lowest BCUT2D eigenvalue weighted by Crippen LogP contribution is -2.14.